The molecule has 1 atom stereocenters. The minimum Gasteiger partial charge on any atom is -0.398 e. The van der Waals surface area contributed by atoms with Gasteiger partial charge < -0.3 is 14.0 Å². The number of nitrogens with zero attached hydrogens (tertiary/aromatic N) is 2. The molecule has 1 aromatic heterocycles. The van der Waals surface area contributed by atoms with E-state index in [0.29, 0.717) is 0 Å². The molecule has 3 rings (SSSR count). The standard InChI is InChI=1S/C15H25BN2O3/c1-11-10-17-18(12-8-6-7-9-19-12)13(11)16-20-14(2,3)15(4,5)21-16/h10,12H,6-9H2,1-5H3/t12-/m0/s1. The lowest BCUT2D eigenvalue weighted by atomic mass is 9.82. The van der Waals surface area contributed by atoms with Crippen LogP contribution in [0.2, 0.25) is 0 Å². The van der Waals surface area contributed by atoms with Crippen molar-refractivity contribution in [2.24, 2.45) is 0 Å². The van der Waals surface area contributed by atoms with Crippen molar-refractivity contribution < 1.29 is 14.0 Å². The molecule has 0 radical (unpaired) electrons. The van der Waals surface area contributed by atoms with E-state index in [-0.39, 0.29) is 24.5 Å². The van der Waals surface area contributed by atoms with Crippen LogP contribution in [0.1, 0.15) is 58.7 Å². The first kappa shape index (κ1) is 15.1. The first-order chi connectivity index (χ1) is 9.82. The molecule has 0 unspecified atom stereocenters. The molecular weight excluding hydrogens is 267 g/mol. The molecule has 2 fully saturated rings. The molecule has 0 saturated carbocycles. The van der Waals surface area contributed by atoms with Crippen LogP contribution in [0.25, 0.3) is 0 Å². The number of ether oxygens (including phenoxy) is 1. The second-order valence-electron chi connectivity index (χ2n) is 7.07. The van der Waals surface area contributed by atoms with Crippen LogP contribution in [0.3, 0.4) is 0 Å². The third kappa shape index (κ3) is 2.54. The highest BCUT2D eigenvalue weighted by molar-refractivity contribution is 6.61. The number of hydrogen-bond acceptors (Lipinski definition) is 4. The van der Waals surface area contributed by atoms with Gasteiger partial charge in [-0.15, -0.1) is 0 Å². The Labute approximate surface area is 127 Å². The summed E-state index contributed by atoms with van der Waals surface area (Å²) in [6.07, 6.45) is 5.17. The minimum absolute atomic E-state index is 0.00137. The molecule has 116 valence electrons. The van der Waals surface area contributed by atoms with Crippen molar-refractivity contribution in [3.63, 3.8) is 0 Å². The second-order valence-corrected chi connectivity index (χ2v) is 7.07. The fraction of sp³-hybridized carbons (Fsp3) is 0.800. The molecular formula is C15H25BN2O3. The first-order valence-corrected chi connectivity index (χ1v) is 7.83. The van der Waals surface area contributed by atoms with Crippen LogP contribution in [0.5, 0.6) is 0 Å². The summed E-state index contributed by atoms with van der Waals surface area (Å²) in [7, 11) is -0.386. The molecule has 6 heteroatoms. The monoisotopic (exact) mass is 292 g/mol. The Hall–Kier alpha value is -0.845. The van der Waals surface area contributed by atoms with Crippen molar-refractivity contribution in [1.29, 1.82) is 0 Å². The van der Waals surface area contributed by atoms with E-state index < -0.39 is 0 Å². The van der Waals surface area contributed by atoms with Crippen molar-refractivity contribution in [2.75, 3.05) is 6.61 Å². The van der Waals surface area contributed by atoms with Crippen LogP contribution in [-0.4, -0.2) is 34.7 Å². The topological polar surface area (TPSA) is 45.5 Å². The predicted molar refractivity (Wildman–Crippen MR) is 81.5 cm³/mol. The van der Waals surface area contributed by atoms with Gasteiger partial charge in [0, 0.05) is 6.61 Å². The van der Waals surface area contributed by atoms with Crippen LogP contribution in [0.15, 0.2) is 6.20 Å². The van der Waals surface area contributed by atoms with Crippen molar-refractivity contribution in [1.82, 2.24) is 9.78 Å². The lowest BCUT2D eigenvalue weighted by molar-refractivity contribution is -0.0380. The fourth-order valence-corrected chi connectivity index (χ4v) is 2.85. The summed E-state index contributed by atoms with van der Waals surface area (Å²) in [5, 5.41) is 4.51. The Kier molecular flexibility index (Phi) is 3.67. The SMILES string of the molecule is Cc1cnn([C@@H]2CCCCO2)c1B1OC(C)(C)C(C)(C)O1. The van der Waals surface area contributed by atoms with Gasteiger partial charge in [-0.1, -0.05) is 0 Å². The van der Waals surface area contributed by atoms with Gasteiger partial charge in [0.05, 0.1) is 23.0 Å². The summed E-state index contributed by atoms with van der Waals surface area (Å²) in [5.41, 5.74) is 1.39. The summed E-state index contributed by atoms with van der Waals surface area (Å²) in [6.45, 7) is 11.1. The third-order valence-electron chi connectivity index (χ3n) is 4.93. The number of rotatable bonds is 2. The molecule has 21 heavy (non-hydrogen) atoms. The number of aromatic nitrogens is 2. The predicted octanol–water partition coefficient (Wildman–Crippen LogP) is 2.19. The number of hydrogen-bond donors (Lipinski definition) is 0. The molecule has 0 aliphatic carbocycles. The molecule has 1 aromatic rings. The molecule has 0 N–H and O–H groups in total. The Morgan fingerprint density at radius 1 is 1.19 bits per heavy atom. The Morgan fingerprint density at radius 2 is 1.86 bits per heavy atom. The molecule has 0 aromatic carbocycles. The van der Waals surface area contributed by atoms with E-state index in [1.54, 1.807) is 0 Å². The average Bonchev–Trinajstić information content (AvgIpc) is 2.89. The highest BCUT2D eigenvalue weighted by atomic mass is 16.7. The third-order valence-corrected chi connectivity index (χ3v) is 4.93. The molecule has 5 nitrogen and oxygen atoms in total. The van der Waals surface area contributed by atoms with Crippen LogP contribution in [0, 0.1) is 6.92 Å². The van der Waals surface area contributed by atoms with E-state index in [9.17, 15) is 0 Å². The quantitative estimate of drug-likeness (QED) is 0.784. The second kappa shape index (κ2) is 5.11. The molecule has 3 heterocycles. The molecule has 0 bridgehead atoms. The molecule has 2 aliphatic heterocycles. The van der Waals surface area contributed by atoms with E-state index in [2.05, 4.69) is 32.8 Å². The van der Waals surface area contributed by atoms with Crippen LogP contribution in [0.4, 0.5) is 0 Å². The van der Waals surface area contributed by atoms with Gasteiger partial charge in [-0.2, -0.15) is 5.10 Å². The van der Waals surface area contributed by atoms with Crippen LogP contribution < -0.4 is 5.59 Å². The van der Waals surface area contributed by atoms with Crippen molar-refractivity contribution in [3.05, 3.63) is 11.8 Å². The first-order valence-electron chi connectivity index (χ1n) is 7.83. The lowest BCUT2D eigenvalue weighted by Gasteiger charge is -2.32. The maximum absolute atomic E-state index is 6.18. The number of aryl methyl sites for hydroxylation is 1. The zero-order valence-electron chi connectivity index (χ0n) is 13.7. The summed E-state index contributed by atoms with van der Waals surface area (Å²) in [6, 6.07) is 0. The highest BCUT2D eigenvalue weighted by Gasteiger charge is 2.53. The van der Waals surface area contributed by atoms with Gasteiger partial charge in [-0.05, 0) is 59.4 Å². The van der Waals surface area contributed by atoms with Gasteiger partial charge in [0.15, 0.2) is 0 Å². The molecule has 2 saturated heterocycles. The summed E-state index contributed by atoms with van der Waals surface area (Å²) in [5.74, 6) is 0. The van der Waals surface area contributed by atoms with Gasteiger partial charge in [0.2, 0.25) is 0 Å². The van der Waals surface area contributed by atoms with E-state index in [1.165, 1.54) is 6.42 Å². The smallest absolute Gasteiger partial charge is 0.398 e. The Balaban J connectivity index is 1.91. The summed E-state index contributed by atoms with van der Waals surface area (Å²) < 4.78 is 20.2. The summed E-state index contributed by atoms with van der Waals surface area (Å²) >= 11 is 0. The molecule has 0 amide bonds. The largest absolute Gasteiger partial charge is 0.514 e. The summed E-state index contributed by atoms with van der Waals surface area (Å²) in [4.78, 5) is 0. The van der Waals surface area contributed by atoms with Crippen molar-refractivity contribution >= 4 is 12.7 Å². The minimum atomic E-state index is -0.386. The van der Waals surface area contributed by atoms with Crippen molar-refractivity contribution in [2.45, 2.75) is 71.3 Å². The van der Waals surface area contributed by atoms with Gasteiger partial charge in [-0.3, -0.25) is 0 Å². The van der Waals surface area contributed by atoms with Gasteiger partial charge >= 0.3 is 7.12 Å². The highest BCUT2D eigenvalue weighted by Crippen LogP contribution is 2.37. The van der Waals surface area contributed by atoms with E-state index in [1.807, 2.05) is 17.8 Å². The molecule has 0 spiro atoms. The van der Waals surface area contributed by atoms with Crippen molar-refractivity contribution in [3.8, 4) is 0 Å². The Bertz CT molecular complexity index is 505. The maximum Gasteiger partial charge on any atom is 0.514 e. The van der Waals surface area contributed by atoms with E-state index in [0.717, 1.165) is 30.6 Å². The zero-order valence-corrected chi connectivity index (χ0v) is 13.7. The maximum atomic E-state index is 6.18. The van der Waals surface area contributed by atoms with Crippen LogP contribution >= 0.6 is 0 Å². The fourth-order valence-electron chi connectivity index (χ4n) is 2.85. The van der Waals surface area contributed by atoms with Gasteiger partial charge in [-0.25, -0.2) is 4.68 Å². The zero-order chi connectivity index (χ0) is 15.3. The van der Waals surface area contributed by atoms with E-state index in [4.69, 9.17) is 14.0 Å². The Morgan fingerprint density at radius 3 is 2.43 bits per heavy atom. The normalized spacial score (nSPS) is 28.0. The van der Waals surface area contributed by atoms with Gasteiger partial charge in [0.25, 0.3) is 0 Å². The van der Waals surface area contributed by atoms with Crippen LogP contribution in [-0.2, 0) is 14.0 Å². The average molecular weight is 292 g/mol. The van der Waals surface area contributed by atoms with Gasteiger partial charge in [0.1, 0.15) is 6.23 Å². The lowest BCUT2D eigenvalue weighted by Crippen LogP contribution is -2.43. The van der Waals surface area contributed by atoms with E-state index >= 15 is 0 Å². The molecule has 2 aliphatic rings.